The zero-order valence-electron chi connectivity index (χ0n) is 14.3. The maximum Gasteiger partial charge on any atom is 0.278 e. The molecule has 4 heteroatoms. The molecule has 0 aromatic heterocycles. The molecule has 2 N–H and O–H groups in total. The second-order valence-electron chi connectivity index (χ2n) is 6.36. The molecule has 2 atom stereocenters. The molecule has 1 aliphatic rings. The van der Waals surface area contributed by atoms with Gasteiger partial charge in [-0.2, -0.15) is 0 Å². The number of fused-ring (bicyclic) bond motifs is 1. The molecule has 2 aromatic carbocycles. The first-order valence-corrected chi connectivity index (χ1v) is 8.50. The monoisotopic (exact) mass is 325 g/mol. The van der Waals surface area contributed by atoms with Crippen molar-refractivity contribution in [2.75, 3.05) is 13.7 Å². The van der Waals surface area contributed by atoms with Crippen LogP contribution in [-0.2, 0) is 24.3 Å². The van der Waals surface area contributed by atoms with Crippen LogP contribution in [-0.4, -0.2) is 25.6 Å². The van der Waals surface area contributed by atoms with Gasteiger partial charge in [-0.15, -0.1) is 0 Å². The van der Waals surface area contributed by atoms with E-state index in [1.807, 2.05) is 31.2 Å². The highest BCUT2D eigenvalue weighted by atomic mass is 16.5. The lowest BCUT2D eigenvalue weighted by atomic mass is 9.99. The fraction of sp³-hybridized carbons (Fsp3) is 0.350. The van der Waals surface area contributed by atoms with E-state index in [-0.39, 0.29) is 11.9 Å². The number of hydrogen-bond donors (Lipinski definition) is 2. The molecular weight excluding hydrogens is 300 g/mol. The highest BCUT2D eigenvalue weighted by molar-refractivity contribution is 5.80. The summed E-state index contributed by atoms with van der Waals surface area (Å²) in [6.07, 6.45) is 1.04. The molecule has 0 bridgehead atoms. The minimum atomic E-state index is -0.0620. The molecule has 1 unspecified atom stereocenters. The largest absolute Gasteiger partial charge is 0.496 e. The van der Waals surface area contributed by atoms with Crippen LogP contribution in [0.25, 0.3) is 0 Å². The molecule has 1 aliphatic heterocycles. The summed E-state index contributed by atoms with van der Waals surface area (Å²) in [5.41, 5.74) is 3.78. The Labute approximate surface area is 143 Å². The standard InChI is InChI=1S/C20H24N2O2/c1-15(22-12-11-16-7-3-4-9-18(16)14-22)20(23)21-13-17-8-5-6-10-19(17)24-2/h3-10,15H,11-14H2,1-2H3,(H,21,23)/p+1/t15-/m0/s1. The number of methoxy groups -OCH3 is 1. The predicted octanol–water partition coefficient (Wildman–Crippen LogP) is 1.34. The van der Waals surface area contributed by atoms with Crippen LogP contribution >= 0.6 is 0 Å². The average Bonchev–Trinajstić information content (AvgIpc) is 2.65. The lowest BCUT2D eigenvalue weighted by Crippen LogP contribution is -3.16. The zero-order valence-corrected chi connectivity index (χ0v) is 14.3. The summed E-state index contributed by atoms with van der Waals surface area (Å²) in [6.45, 7) is 4.43. The fourth-order valence-electron chi connectivity index (χ4n) is 3.34. The van der Waals surface area contributed by atoms with E-state index in [0.717, 1.165) is 30.8 Å². The lowest BCUT2D eigenvalue weighted by Gasteiger charge is -2.30. The van der Waals surface area contributed by atoms with Gasteiger partial charge in [-0.3, -0.25) is 4.79 Å². The SMILES string of the molecule is COc1ccccc1CNC(=O)[C@H](C)[NH+]1CCc2ccccc2C1. The van der Waals surface area contributed by atoms with Gasteiger partial charge in [0.2, 0.25) is 0 Å². The number of carbonyl (C=O) groups excluding carboxylic acids is 1. The summed E-state index contributed by atoms with van der Waals surface area (Å²) >= 11 is 0. The van der Waals surface area contributed by atoms with Crippen LogP contribution in [0.15, 0.2) is 48.5 Å². The zero-order chi connectivity index (χ0) is 16.9. The molecule has 1 heterocycles. The normalized spacial score (nSPS) is 17.7. The molecule has 0 radical (unpaired) electrons. The smallest absolute Gasteiger partial charge is 0.278 e. The van der Waals surface area contributed by atoms with Gasteiger partial charge in [-0.1, -0.05) is 42.5 Å². The molecule has 2 aromatic rings. The van der Waals surface area contributed by atoms with Gasteiger partial charge in [0.25, 0.3) is 5.91 Å². The molecular formula is C20H25N2O2+. The van der Waals surface area contributed by atoms with Crippen LogP contribution in [0, 0.1) is 0 Å². The number of amides is 1. The van der Waals surface area contributed by atoms with Gasteiger partial charge in [-0.25, -0.2) is 0 Å². The highest BCUT2D eigenvalue weighted by Gasteiger charge is 2.28. The number of benzene rings is 2. The number of carbonyl (C=O) groups is 1. The van der Waals surface area contributed by atoms with E-state index in [1.165, 1.54) is 16.0 Å². The average molecular weight is 325 g/mol. The van der Waals surface area contributed by atoms with Gasteiger partial charge in [0.1, 0.15) is 12.3 Å². The first kappa shape index (κ1) is 16.5. The Hall–Kier alpha value is -2.33. The third-order valence-corrected chi connectivity index (χ3v) is 4.90. The van der Waals surface area contributed by atoms with E-state index < -0.39 is 0 Å². The summed E-state index contributed by atoms with van der Waals surface area (Å²) < 4.78 is 5.34. The van der Waals surface area contributed by atoms with E-state index in [1.54, 1.807) is 7.11 Å². The maximum atomic E-state index is 12.6. The molecule has 3 rings (SSSR count). The first-order valence-electron chi connectivity index (χ1n) is 8.50. The van der Waals surface area contributed by atoms with E-state index in [4.69, 9.17) is 4.74 Å². The molecule has 0 saturated heterocycles. The Kier molecular flexibility index (Phi) is 5.16. The van der Waals surface area contributed by atoms with E-state index >= 15 is 0 Å². The van der Waals surface area contributed by atoms with E-state index in [2.05, 4.69) is 29.6 Å². The molecule has 1 amide bonds. The molecule has 0 spiro atoms. The van der Waals surface area contributed by atoms with Crippen molar-refractivity contribution in [2.45, 2.75) is 32.5 Å². The molecule has 0 fully saturated rings. The predicted molar refractivity (Wildman–Crippen MR) is 94.0 cm³/mol. The Morgan fingerprint density at radius 2 is 1.88 bits per heavy atom. The van der Waals surface area contributed by atoms with Gasteiger partial charge in [0.05, 0.1) is 13.7 Å². The summed E-state index contributed by atoms with van der Waals surface area (Å²) in [5.74, 6) is 0.903. The van der Waals surface area contributed by atoms with Crippen LogP contribution in [0.4, 0.5) is 0 Å². The second kappa shape index (κ2) is 7.49. The fourth-order valence-corrected chi connectivity index (χ4v) is 3.34. The van der Waals surface area contributed by atoms with Crippen molar-refractivity contribution in [1.82, 2.24) is 5.32 Å². The molecule has 4 nitrogen and oxygen atoms in total. The Bertz CT molecular complexity index is 714. The summed E-state index contributed by atoms with van der Waals surface area (Å²) in [4.78, 5) is 13.9. The van der Waals surface area contributed by atoms with Gasteiger partial charge < -0.3 is 15.0 Å². The van der Waals surface area contributed by atoms with Crippen LogP contribution in [0.1, 0.15) is 23.6 Å². The molecule has 0 saturated carbocycles. The van der Waals surface area contributed by atoms with Crippen molar-refractivity contribution in [3.63, 3.8) is 0 Å². The van der Waals surface area contributed by atoms with Crippen molar-refractivity contribution in [3.8, 4) is 5.75 Å². The minimum absolute atomic E-state index is 0.0620. The van der Waals surface area contributed by atoms with Crippen molar-refractivity contribution in [3.05, 3.63) is 65.2 Å². The lowest BCUT2D eigenvalue weighted by molar-refractivity contribution is -0.929. The Morgan fingerprint density at radius 3 is 2.67 bits per heavy atom. The van der Waals surface area contributed by atoms with Crippen molar-refractivity contribution >= 4 is 5.91 Å². The quantitative estimate of drug-likeness (QED) is 0.871. The van der Waals surface area contributed by atoms with Crippen molar-refractivity contribution in [1.29, 1.82) is 0 Å². The summed E-state index contributed by atoms with van der Waals surface area (Å²) in [5, 5.41) is 3.05. The van der Waals surface area contributed by atoms with Crippen LogP contribution in [0.3, 0.4) is 0 Å². The van der Waals surface area contributed by atoms with Crippen molar-refractivity contribution < 1.29 is 14.4 Å². The number of quaternary nitrogens is 1. The van der Waals surface area contributed by atoms with Gasteiger partial charge in [0, 0.05) is 24.1 Å². The van der Waals surface area contributed by atoms with Crippen LogP contribution in [0.2, 0.25) is 0 Å². The van der Waals surface area contributed by atoms with E-state index in [9.17, 15) is 4.79 Å². The third-order valence-electron chi connectivity index (χ3n) is 4.90. The van der Waals surface area contributed by atoms with Gasteiger partial charge in [-0.05, 0) is 18.6 Å². The Morgan fingerprint density at radius 1 is 1.17 bits per heavy atom. The first-order chi connectivity index (χ1) is 11.7. The maximum absolute atomic E-state index is 12.6. The van der Waals surface area contributed by atoms with Crippen molar-refractivity contribution in [2.24, 2.45) is 0 Å². The minimum Gasteiger partial charge on any atom is -0.496 e. The number of para-hydroxylation sites is 1. The molecule has 126 valence electrons. The van der Waals surface area contributed by atoms with E-state index in [0.29, 0.717) is 6.54 Å². The molecule has 0 aliphatic carbocycles. The second-order valence-corrected chi connectivity index (χ2v) is 6.36. The number of rotatable bonds is 5. The topological polar surface area (TPSA) is 42.8 Å². The van der Waals surface area contributed by atoms with Gasteiger partial charge in [0.15, 0.2) is 6.04 Å². The Balaban J connectivity index is 1.59. The summed E-state index contributed by atoms with van der Waals surface area (Å²) in [6, 6.07) is 16.3. The number of nitrogens with one attached hydrogen (secondary N) is 2. The number of hydrogen-bond acceptors (Lipinski definition) is 2. The van der Waals surface area contributed by atoms with Crippen LogP contribution in [0.5, 0.6) is 5.75 Å². The van der Waals surface area contributed by atoms with Gasteiger partial charge >= 0.3 is 0 Å². The van der Waals surface area contributed by atoms with Crippen LogP contribution < -0.4 is 15.0 Å². The summed E-state index contributed by atoms with van der Waals surface area (Å²) in [7, 11) is 1.65. The number of ether oxygens (including phenoxy) is 1. The molecule has 24 heavy (non-hydrogen) atoms. The highest BCUT2D eigenvalue weighted by Crippen LogP contribution is 2.16. The third kappa shape index (κ3) is 3.60.